The molecule has 7 nitrogen and oxygen atoms in total. The van der Waals surface area contributed by atoms with E-state index in [4.69, 9.17) is 4.74 Å². The standard InChI is InChI=1S/C22H28N4O3/c1-15-10-16(2)24-20-19(15)21(25-26(20)4)29-12-18(28)23-13-22(3,14-27)11-17-8-6-5-7-9-17/h5-10,27H,11-14H2,1-4H3,(H,23,28)/t22-/m1/s1. The molecular weight excluding hydrogens is 368 g/mol. The van der Waals surface area contributed by atoms with Crippen molar-refractivity contribution in [2.45, 2.75) is 27.2 Å². The smallest absolute Gasteiger partial charge is 0.258 e. The molecule has 0 spiro atoms. The topological polar surface area (TPSA) is 89.3 Å². The lowest BCUT2D eigenvalue weighted by Gasteiger charge is -2.27. The number of benzene rings is 1. The summed E-state index contributed by atoms with van der Waals surface area (Å²) >= 11 is 0. The molecule has 0 saturated heterocycles. The molecule has 3 rings (SSSR count). The monoisotopic (exact) mass is 396 g/mol. The number of nitrogens with one attached hydrogen (secondary N) is 1. The van der Waals surface area contributed by atoms with E-state index in [0.717, 1.165) is 27.9 Å². The minimum atomic E-state index is -0.452. The highest BCUT2D eigenvalue weighted by atomic mass is 16.5. The van der Waals surface area contributed by atoms with Crippen LogP contribution in [-0.4, -0.2) is 45.5 Å². The van der Waals surface area contributed by atoms with Crippen molar-refractivity contribution in [1.82, 2.24) is 20.1 Å². The van der Waals surface area contributed by atoms with Crippen molar-refractivity contribution in [1.29, 1.82) is 0 Å². The maximum atomic E-state index is 12.3. The van der Waals surface area contributed by atoms with Gasteiger partial charge >= 0.3 is 0 Å². The molecule has 0 fully saturated rings. The van der Waals surface area contributed by atoms with E-state index in [1.165, 1.54) is 0 Å². The summed E-state index contributed by atoms with van der Waals surface area (Å²) in [6, 6.07) is 11.9. The molecule has 2 N–H and O–H groups in total. The summed E-state index contributed by atoms with van der Waals surface area (Å²) in [5, 5.41) is 17.9. The first-order valence-corrected chi connectivity index (χ1v) is 9.66. The highest BCUT2D eigenvalue weighted by Gasteiger charge is 2.25. The van der Waals surface area contributed by atoms with Gasteiger partial charge in [-0.3, -0.25) is 4.79 Å². The molecule has 2 heterocycles. The van der Waals surface area contributed by atoms with Gasteiger partial charge in [-0.1, -0.05) is 37.3 Å². The number of fused-ring (bicyclic) bond motifs is 1. The first kappa shape index (κ1) is 20.8. The van der Waals surface area contributed by atoms with Gasteiger partial charge < -0.3 is 15.2 Å². The third kappa shape index (κ3) is 4.92. The van der Waals surface area contributed by atoms with Crippen LogP contribution in [0.1, 0.15) is 23.7 Å². The number of amides is 1. The van der Waals surface area contributed by atoms with E-state index in [2.05, 4.69) is 15.4 Å². The number of ether oxygens (including phenoxy) is 1. The number of pyridine rings is 1. The SMILES string of the molecule is Cc1cc(C)c2c(OCC(=O)NC[C@](C)(CO)Cc3ccccc3)nn(C)c2n1. The molecule has 1 amide bonds. The Balaban J connectivity index is 1.61. The number of aliphatic hydroxyl groups excluding tert-OH is 1. The minimum absolute atomic E-state index is 0.0296. The second-order valence-electron chi connectivity index (χ2n) is 7.90. The number of carbonyl (C=O) groups is 1. The van der Waals surface area contributed by atoms with Crippen LogP contribution in [0.4, 0.5) is 0 Å². The van der Waals surface area contributed by atoms with Gasteiger partial charge in [0.1, 0.15) is 0 Å². The lowest BCUT2D eigenvalue weighted by molar-refractivity contribution is -0.123. The number of aromatic nitrogens is 3. The third-order valence-corrected chi connectivity index (χ3v) is 4.99. The van der Waals surface area contributed by atoms with Gasteiger partial charge in [0.25, 0.3) is 5.91 Å². The zero-order chi connectivity index (χ0) is 21.0. The Bertz CT molecular complexity index is 1000. The van der Waals surface area contributed by atoms with Gasteiger partial charge in [-0.25, -0.2) is 9.67 Å². The summed E-state index contributed by atoms with van der Waals surface area (Å²) in [5.41, 5.74) is 3.31. The minimum Gasteiger partial charge on any atom is -0.466 e. The van der Waals surface area contributed by atoms with Crippen LogP contribution in [0.3, 0.4) is 0 Å². The molecule has 0 aliphatic heterocycles. The van der Waals surface area contributed by atoms with Crippen LogP contribution in [-0.2, 0) is 18.3 Å². The zero-order valence-corrected chi connectivity index (χ0v) is 17.4. The van der Waals surface area contributed by atoms with Crippen LogP contribution in [0.2, 0.25) is 0 Å². The van der Waals surface area contributed by atoms with Crippen molar-refractivity contribution in [3.8, 4) is 5.88 Å². The predicted molar refractivity (Wildman–Crippen MR) is 112 cm³/mol. The Kier molecular flexibility index (Phi) is 6.17. The molecule has 0 aliphatic rings. The number of aryl methyl sites for hydroxylation is 3. The van der Waals surface area contributed by atoms with E-state index < -0.39 is 5.41 Å². The fourth-order valence-electron chi connectivity index (χ4n) is 3.41. The fraction of sp³-hybridized carbons (Fsp3) is 0.409. The molecular formula is C22H28N4O3. The van der Waals surface area contributed by atoms with Crippen LogP contribution in [0.25, 0.3) is 11.0 Å². The summed E-state index contributed by atoms with van der Waals surface area (Å²) in [6.45, 7) is 6.03. The maximum Gasteiger partial charge on any atom is 0.258 e. The van der Waals surface area contributed by atoms with Crippen LogP contribution in [0.15, 0.2) is 36.4 Å². The summed E-state index contributed by atoms with van der Waals surface area (Å²) in [7, 11) is 1.80. The molecule has 29 heavy (non-hydrogen) atoms. The first-order chi connectivity index (χ1) is 13.8. The number of rotatable bonds is 8. The molecule has 3 aromatic rings. The number of nitrogens with zero attached hydrogens (tertiary/aromatic N) is 3. The van der Waals surface area contributed by atoms with Gasteiger partial charge in [-0.05, 0) is 37.5 Å². The number of hydrogen-bond acceptors (Lipinski definition) is 5. The number of carbonyl (C=O) groups excluding carboxylic acids is 1. The van der Waals surface area contributed by atoms with Crippen molar-refractivity contribution < 1.29 is 14.6 Å². The lowest BCUT2D eigenvalue weighted by Crippen LogP contribution is -2.41. The summed E-state index contributed by atoms with van der Waals surface area (Å²) in [5.74, 6) is 0.145. The molecule has 1 atom stereocenters. The van der Waals surface area contributed by atoms with Crippen LogP contribution < -0.4 is 10.1 Å². The van der Waals surface area contributed by atoms with E-state index in [0.29, 0.717) is 18.8 Å². The van der Waals surface area contributed by atoms with E-state index in [1.807, 2.05) is 57.2 Å². The van der Waals surface area contributed by atoms with E-state index in [-0.39, 0.29) is 19.1 Å². The van der Waals surface area contributed by atoms with Gasteiger partial charge in [0.05, 0.1) is 12.0 Å². The second-order valence-corrected chi connectivity index (χ2v) is 7.90. The molecule has 7 heteroatoms. The van der Waals surface area contributed by atoms with Crippen molar-refractivity contribution in [2.75, 3.05) is 19.8 Å². The molecule has 0 unspecified atom stereocenters. The second kappa shape index (κ2) is 8.61. The largest absolute Gasteiger partial charge is 0.466 e. The Morgan fingerprint density at radius 2 is 2.00 bits per heavy atom. The van der Waals surface area contributed by atoms with E-state index in [1.54, 1.807) is 11.7 Å². The molecule has 0 saturated carbocycles. The normalized spacial score (nSPS) is 13.3. The van der Waals surface area contributed by atoms with E-state index in [9.17, 15) is 9.90 Å². The van der Waals surface area contributed by atoms with Gasteiger partial charge in [-0.15, -0.1) is 5.10 Å². The molecule has 2 aromatic heterocycles. The molecule has 0 aliphatic carbocycles. The lowest BCUT2D eigenvalue weighted by atomic mass is 9.84. The van der Waals surface area contributed by atoms with E-state index >= 15 is 0 Å². The first-order valence-electron chi connectivity index (χ1n) is 9.66. The van der Waals surface area contributed by atoms with Crippen LogP contribution in [0.5, 0.6) is 5.88 Å². The average Bonchev–Trinajstić information content (AvgIpc) is 3.01. The van der Waals surface area contributed by atoms with Crippen molar-refractivity contribution in [2.24, 2.45) is 12.5 Å². The number of aliphatic hydroxyl groups is 1. The van der Waals surface area contributed by atoms with Gasteiger partial charge in [0.2, 0.25) is 5.88 Å². The Morgan fingerprint density at radius 3 is 2.69 bits per heavy atom. The summed E-state index contributed by atoms with van der Waals surface area (Å²) < 4.78 is 7.35. The Hall–Kier alpha value is -2.93. The van der Waals surface area contributed by atoms with Gasteiger partial charge in [-0.2, -0.15) is 0 Å². The van der Waals surface area contributed by atoms with Gasteiger partial charge in [0, 0.05) is 24.7 Å². The fourth-order valence-corrected chi connectivity index (χ4v) is 3.41. The quantitative estimate of drug-likeness (QED) is 0.610. The average molecular weight is 396 g/mol. The molecule has 154 valence electrons. The highest BCUT2D eigenvalue weighted by Crippen LogP contribution is 2.27. The van der Waals surface area contributed by atoms with Gasteiger partial charge in [0.15, 0.2) is 12.3 Å². The van der Waals surface area contributed by atoms with Crippen molar-refractivity contribution in [3.63, 3.8) is 0 Å². The zero-order valence-electron chi connectivity index (χ0n) is 17.4. The summed E-state index contributed by atoms with van der Waals surface area (Å²) in [6.07, 6.45) is 0.667. The van der Waals surface area contributed by atoms with Crippen molar-refractivity contribution >= 4 is 16.9 Å². The van der Waals surface area contributed by atoms with Crippen molar-refractivity contribution in [3.05, 3.63) is 53.2 Å². The predicted octanol–water partition coefficient (Wildman–Crippen LogP) is 2.32. The third-order valence-electron chi connectivity index (χ3n) is 4.99. The van der Waals surface area contributed by atoms with Crippen LogP contribution in [0, 0.1) is 19.3 Å². The Labute approximate surface area is 170 Å². The highest BCUT2D eigenvalue weighted by molar-refractivity contribution is 5.85. The summed E-state index contributed by atoms with van der Waals surface area (Å²) in [4.78, 5) is 16.8. The molecule has 1 aromatic carbocycles. The Morgan fingerprint density at radius 1 is 1.28 bits per heavy atom. The molecule has 0 bridgehead atoms. The number of hydrogen-bond donors (Lipinski definition) is 2. The van der Waals surface area contributed by atoms with Crippen LogP contribution >= 0.6 is 0 Å². The molecule has 0 radical (unpaired) electrons. The maximum absolute atomic E-state index is 12.3.